The van der Waals surface area contributed by atoms with Crippen molar-refractivity contribution in [1.82, 2.24) is 9.97 Å². The number of nitrogens with zero attached hydrogens (tertiary/aromatic N) is 2. The van der Waals surface area contributed by atoms with Crippen molar-refractivity contribution >= 4 is 23.7 Å². The number of aliphatic hydroxyl groups is 1. The Kier molecular flexibility index (Phi) is 4.64. The number of hydrogen-bond acceptors (Lipinski definition) is 5. The van der Waals surface area contributed by atoms with Gasteiger partial charge < -0.3 is 10.4 Å². The Morgan fingerprint density at radius 1 is 1.56 bits per heavy atom. The number of carbonyl (C=O) groups is 1. The van der Waals surface area contributed by atoms with Crippen LogP contribution in [0, 0.1) is 6.92 Å². The lowest BCUT2D eigenvalue weighted by Crippen LogP contribution is -2.20. The molecule has 1 rings (SSSR count). The van der Waals surface area contributed by atoms with Crippen molar-refractivity contribution in [1.29, 1.82) is 0 Å². The molecule has 0 aliphatic carbocycles. The highest BCUT2D eigenvalue weighted by atomic mass is 35.5. The summed E-state index contributed by atoms with van der Waals surface area (Å²) in [6.07, 6.45) is 0.748. The maximum atomic E-state index is 10.8. The fraction of sp³-hybridized carbons (Fsp3) is 0.500. The minimum Gasteiger partial charge on any atom is -0.391 e. The van der Waals surface area contributed by atoms with E-state index in [1.165, 1.54) is 0 Å². The summed E-state index contributed by atoms with van der Waals surface area (Å²) in [5, 5.41) is 12.4. The minimum atomic E-state index is -0.478. The molecule has 16 heavy (non-hydrogen) atoms. The molecule has 0 radical (unpaired) electrons. The van der Waals surface area contributed by atoms with Gasteiger partial charge in [0.2, 0.25) is 0 Å². The van der Waals surface area contributed by atoms with Gasteiger partial charge in [0.05, 0.1) is 11.7 Å². The summed E-state index contributed by atoms with van der Waals surface area (Å²) in [5.74, 6) is 0.837. The van der Waals surface area contributed by atoms with Crippen LogP contribution in [0.15, 0.2) is 0 Å². The molecule has 1 aromatic heterocycles. The van der Waals surface area contributed by atoms with Crippen LogP contribution in [-0.4, -0.2) is 34.0 Å². The number of hydrogen-bond donors (Lipinski definition) is 2. The average molecular weight is 244 g/mol. The second-order valence-corrected chi connectivity index (χ2v) is 3.74. The maximum absolute atomic E-state index is 10.8. The number of halogens is 1. The Morgan fingerprint density at radius 2 is 2.25 bits per heavy atom. The fourth-order valence-electron chi connectivity index (χ4n) is 1.15. The standard InChI is InChI=1S/C10H14ClN3O2/c1-3-7(16)4-12-10-8(5-15)9(11)13-6(2)14-10/h5,7,16H,3-4H2,1-2H3,(H,12,13,14). The van der Waals surface area contributed by atoms with E-state index in [0.29, 0.717) is 30.9 Å². The second-order valence-electron chi connectivity index (χ2n) is 3.38. The summed E-state index contributed by atoms with van der Waals surface area (Å²) in [7, 11) is 0. The van der Waals surface area contributed by atoms with Crippen LogP contribution in [-0.2, 0) is 0 Å². The third-order valence-corrected chi connectivity index (χ3v) is 2.39. The average Bonchev–Trinajstić information content (AvgIpc) is 2.25. The molecule has 2 N–H and O–H groups in total. The molecule has 1 atom stereocenters. The lowest BCUT2D eigenvalue weighted by atomic mass is 10.2. The van der Waals surface area contributed by atoms with E-state index < -0.39 is 6.10 Å². The summed E-state index contributed by atoms with van der Waals surface area (Å²) in [5.41, 5.74) is 0.218. The maximum Gasteiger partial charge on any atom is 0.156 e. The van der Waals surface area contributed by atoms with Crippen LogP contribution in [0.2, 0.25) is 5.15 Å². The van der Waals surface area contributed by atoms with Gasteiger partial charge in [-0.2, -0.15) is 0 Å². The van der Waals surface area contributed by atoms with Gasteiger partial charge in [-0.3, -0.25) is 4.79 Å². The summed E-state index contributed by atoms with van der Waals surface area (Å²) in [6, 6.07) is 0. The first-order valence-electron chi connectivity index (χ1n) is 4.99. The van der Waals surface area contributed by atoms with Crippen molar-refractivity contribution in [2.75, 3.05) is 11.9 Å². The molecule has 1 unspecified atom stereocenters. The third kappa shape index (κ3) is 3.15. The van der Waals surface area contributed by atoms with Crippen LogP contribution in [0.3, 0.4) is 0 Å². The van der Waals surface area contributed by atoms with Gasteiger partial charge in [0, 0.05) is 6.54 Å². The number of aliphatic hydroxyl groups excluding tert-OH is 1. The third-order valence-electron chi connectivity index (χ3n) is 2.11. The molecular weight excluding hydrogens is 230 g/mol. The van der Waals surface area contributed by atoms with Crippen molar-refractivity contribution in [2.24, 2.45) is 0 Å². The van der Waals surface area contributed by atoms with Gasteiger partial charge in [-0.25, -0.2) is 9.97 Å². The molecule has 0 aliphatic heterocycles. The molecule has 88 valence electrons. The van der Waals surface area contributed by atoms with E-state index in [4.69, 9.17) is 11.6 Å². The Hall–Kier alpha value is -1.20. The Bertz CT molecular complexity index is 385. The van der Waals surface area contributed by atoms with Crippen LogP contribution in [0.5, 0.6) is 0 Å². The first-order chi connectivity index (χ1) is 7.58. The van der Waals surface area contributed by atoms with E-state index >= 15 is 0 Å². The van der Waals surface area contributed by atoms with Crippen LogP contribution < -0.4 is 5.32 Å². The summed E-state index contributed by atoms with van der Waals surface area (Å²) < 4.78 is 0. The van der Waals surface area contributed by atoms with Crippen LogP contribution in [0.1, 0.15) is 29.5 Å². The molecule has 0 aliphatic rings. The SMILES string of the molecule is CCC(O)CNc1nc(C)nc(Cl)c1C=O. The molecule has 0 saturated carbocycles. The van der Waals surface area contributed by atoms with Crippen LogP contribution >= 0.6 is 11.6 Å². The van der Waals surface area contributed by atoms with E-state index in [0.717, 1.165) is 0 Å². The Morgan fingerprint density at radius 3 is 2.81 bits per heavy atom. The molecule has 0 fully saturated rings. The smallest absolute Gasteiger partial charge is 0.156 e. The number of anilines is 1. The van der Waals surface area contributed by atoms with Crippen molar-refractivity contribution in [3.05, 3.63) is 16.5 Å². The first kappa shape index (κ1) is 12.9. The molecule has 0 aromatic carbocycles. The molecule has 0 saturated heterocycles. The monoisotopic (exact) mass is 243 g/mol. The van der Waals surface area contributed by atoms with Gasteiger partial charge >= 0.3 is 0 Å². The molecule has 0 bridgehead atoms. The lowest BCUT2D eigenvalue weighted by Gasteiger charge is -2.12. The van der Waals surface area contributed by atoms with Gasteiger partial charge in [-0.1, -0.05) is 18.5 Å². The molecule has 0 spiro atoms. The number of aryl methyl sites for hydroxylation is 1. The zero-order valence-electron chi connectivity index (χ0n) is 9.20. The second kappa shape index (κ2) is 5.77. The van der Waals surface area contributed by atoms with Gasteiger partial charge in [-0.05, 0) is 13.3 Å². The highest BCUT2D eigenvalue weighted by Gasteiger charge is 2.11. The largest absolute Gasteiger partial charge is 0.391 e. The van der Waals surface area contributed by atoms with E-state index in [1.54, 1.807) is 6.92 Å². The van der Waals surface area contributed by atoms with E-state index in [-0.39, 0.29) is 10.7 Å². The zero-order chi connectivity index (χ0) is 12.1. The molecule has 0 amide bonds. The van der Waals surface area contributed by atoms with Crippen molar-refractivity contribution in [3.8, 4) is 0 Å². The van der Waals surface area contributed by atoms with Crippen LogP contribution in [0.4, 0.5) is 5.82 Å². The van der Waals surface area contributed by atoms with E-state index in [9.17, 15) is 9.90 Å². The predicted octanol–water partition coefficient (Wildman–Crippen LogP) is 1.43. The highest BCUT2D eigenvalue weighted by molar-refractivity contribution is 6.32. The van der Waals surface area contributed by atoms with Crippen molar-refractivity contribution in [2.45, 2.75) is 26.4 Å². The molecule has 5 nitrogen and oxygen atoms in total. The molecule has 1 heterocycles. The quantitative estimate of drug-likeness (QED) is 0.605. The van der Waals surface area contributed by atoms with Gasteiger partial charge in [0.1, 0.15) is 16.8 Å². The summed E-state index contributed by atoms with van der Waals surface area (Å²) >= 11 is 5.80. The van der Waals surface area contributed by atoms with Gasteiger partial charge in [0.15, 0.2) is 6.29 Å². The normalized spacial score (nSPS) is 12.2. The molecule has 6 heteroatoms. The first-order valence-corrected chi connectivity index (χ1v) is 5.37. The Labute approximate surface area is 98.9 Å². The summed E-state index contributed by atoms with van der Waals surface area (Å²) in [6.45, 7) is 3.87. The molecule has 1 aromatic rings. The van der Waals surface area contributed by atoms with Crippen molar-refractivity contribution in [3.63, 3.8) is 0 Å². The topological polar surface area (TPSA) is 75.1 Å². The fourth-order valence-corrected chi connectivity index (χ4v) is 1.40. The highest BCUT2D eigenvalue weighted by Crippen LogP contribution is 2.18. The number of nitrogens with one attached hydrogen (secondary N) is 1. The Balaban J connectivity index is 2.89. The van der Waals surface area contributed by atoms with E-state index in [1.807, 2.05) is 6.92 Å². The zero-order valence-corrected chi connectivity index (χ0v) is 9.95. The predicted molar refractivity (Wildman–Crippen MR) is 62.0 cm³/mol. The van der Waals surface area contributed by atoms with Crippen molar-refractivity contribution < 1.29 is 9.90 Å². The number of aldehydes is 1. The van der Waals surface area contributed by atoms with Gasteiger partial charge in [0.25, 0.3) is 0 Å². The number of aromatic nitrogens is 2. The summed E-state index contributed by atoms with van der Waals surface area (Å²) in [4.78, 5) is 18.7. The number of carbonyl (C=O) groups excluding carboxylic acids is 1. The van der Waals surface area contributed by atoms with Gasteiger partial charge in [-0.15, -0.1) is 0 Å². The van der Waals surface area contributed by atoms with Crippen LogP contribution in [0.25, 0.3) is 0 Å². The number of rotatable bonds is 5. The van der Waals surface area contributed by atoms with E-state index in [2.05, 4.69) is 15.3 Å². The minimum absolute atomic E-state index is 0.121. The molecular formula is C10H14ClN3O2. The lowest BCUT2D eigenvalue weighted by molar-refractivity contribution is 0.112.